The quantitative estimate of drug-likeness (QED) is 0.884. The van der Waals surface area contributed by atoms with E-state index in [1.165, 1.54) is 23.5 Å². The van der Waals surface area contributed by atoms with E-state index in [-0.39, 0.29) is 16.9 Å². The molecular formula is C12H7BrO3S. The van der Waals surface area contributed by atoms with E-state index in [9.17, 15) is 9.59 Å². The van der Waals surface area contributed by atoms with E-state index in [1.54, 1.807) is 23.6 Å². The number of carbonyl (C=O) groups is 2. The van der Waals surface area contributed by atoms with Gasteiger partial charge in [-0.1, -0.05) is 18.2 Å². The van der Waals surface area contributed by atoms with Crippen molar-refractivity contribution in [2.24, 2.45) is 0 Å². The highest BCUT2D eigenvalue weighted by Gasteiger charge is 2.19. The molecule has 2 aromatic rings. The van der Waals surface area contributed by atoms with E-state index >= 15 is 0 Å². The molecule has 2 rings (SSSR count). The Bertz CT molecular complexity index is 589. The summed E-state index contributed by atoms with van der Waals surface area (Å²) in [7, 11) is 0. The standard InChI is InChI=1S/C12H7BrO3S/c13-9-5-6-17-11(9)10(14)7-3-1-2-4-8(7)12(15)16/h1-6H,(H,15,16). The molecule has 5 heteroatoms. The van der Waals surface area contributed by atoms with E-state index in [0.29, 0.717) is 9.35 Å². The summed E-state index contributed by atoms with van der Waals surface area (Å²) in [4.78, 5) is 23.7. The summed E-state index contributed by atoms with van der Waals surface area (Å²) >= 11 is 4.55. The zero-order valence-corrected chi connectivity index (χ0v) is 10.9. The summed E-state index contributed by atoms with van der Waals surface area (Å²) in [5, 5.41) is 10.8. The van der Waals surface area contributed by atoms with Crippen LogP contribution in [0.15, 0.2) is 40.2 Å². The zero-order chi connectivity index (χ0) is 12.4. The van der Waals surface area contributed by atoms with E-state index in [2.05, 4.69) is 15.9 Å². The number of hydrogen-bond acceptors (Lipinski definition) is 3. The monoisotopic (exact) mass is 310 g/mol. The Balaban J connectivity index is 2.52. The minimum Gasteiger partial charge on any atom is -0.478 e. The molecule has 17 heavy (non-hydrogen) atoms. The molecule has 0 saturated carbocycles. The Labute approximate surface area is 110 Å². The molecule has 0 spiro atoms. The highest BCUT2D eigenvalue weighted by molar-refractivity contribution is 9.10. The normalized spacial score (nSPS) is 10.2. The van der Waals surface area contributed by atoms with Crippen molar-refractivity contribution < 1.29 is 14.7 Å². The summed E-state index contributed by atoms with van der Waals surface area (Å²) in [6.45, 7) is 0. The lowest BCUT2D eigenvalue weighted by Crippen LogP contribution is -2.08. The van der Waals surface area contributed by atoms with Gasteiger partial charge in [0.15, 0.2) is 0 Å². The van der Waals surface area contributed by atoms with Gasteiger partial charge < -0.3 is 5.11 Å². The number of thiophene rings is 1. The fourth-order valence-electron chi connectivity index (χ4n) is 1.45. The Morgan fingerprint density at radius 3 is 2.29 bits per heavy atom. The molecule has 3 nitrogen and oxygen atoms in total. The minimum atomic E-state index is -1.10. The van der Waals surface area contributed by atoms with Crippen molar-refractivity contribution in [3.63, 3.8) is 0 Å². The van der Waals surface area contributed by atoms with Crippen LogP contribution in [0.4, 0.5) is 0 Å². The Kier molecular flexibility index (Phi) is 3.40. The Hall–Kier alpha value is -1.46. The van der Waals surface area contributed by atoms with Crippen LogP contribution in [0.5, 0.6) is 0 Å². The van der Waals surface area contributed by atoms with Crippen molar-refractivity contribution in [2.45, 2.75) is 0 Å². The molecule has 0 aliphatic carbocycles. The topological polar surface area (TPSA) is 54.4 Å². The third-order valence-electron chi connectivity index (χ3n) is 2.23. The number of carboxylic acids is 1. The average Bonchev–Trinajstić information content (AvgIpc) is 2.74. The molecule has 1 N–H and O–H groups in total. The van der Waals surface area contributed by atoms with Gasteiger partial charge in [0.1, 0.15) is 0 Å². The lowest BCUT2D eigenvalue weighted by molar-refractivity contribution is 0.0693. The van der Waals surface area contributed by atoms with Crippen LogP contribution in [-0.4, -0.2) is 16.9 Å². The number of carbonyl (C=O) groups excluding carboxylic acids is 1. The van der Waals surface area contributed by atoms with Crippen molar-refractivity contribution >= 4 is 39.0 Å². The van der Waals surface area contributed by atoms with E-state index in [4.69, 9.17) is 5.11 Å². The Morgan fingerprint density at radius 2 is 1.76 bits per heavy atom. The number of hydrogen-bond donors (Lipinski definition) is 1. The van der Waals surface area contributed by atoms with Gasteiger partial charge in [-0.3, -0.25) is 4.79 Å². The third-order valence-corrected chi connectivity index (χ3v) is 4.06. The molecule has 0 bridgehead atoms. The molecular weight excluding hydrogens is 304 g/mol. The number of rotatable bonds is 3. The van der Waals surface area contributed by atoms with Crippen LogP contribution in [0, 0.1) is 0 Å². The highest BCUT2D eigenvalue weighted by Crippen LogP contribution is 2.26. The van der Waals surface area contributed by atoms with Crippen LogP contribution in [0.1, 0.15) is 25.6 Å². The van der Waals surface area contributed by atoms with Crippen LogP contribution in [-0.2, 0) is 0 Å². The van der Waals surface area contributed by atoms with Crippen LogP contribution in [0.2, 0.25) is 0 Å². The predicted molar refractivity (Wildman–Crippen MR) is 68.9 cm³/mol. The van der Waals surface area contributed by atoms with E-state index in [0.717, 1.165) is 0 Å². The lowest BCUT2D eigenvalue weighted by Gasteiger charge is -2.03. The van der Waals surface area contributed by atoms with Gasteiger partial charge in [-0.25, -0.2) is 4.79 Å². The predicted octanol–water partition coefficient (Wildman–Crippen LogP) is 3.44. The molecule has 0 saturated heterocycles. The van der Waals surface area contributed by atoms with E-state index < -0.39 is 5.97 Å². The summed E-state index contributed by atoms with van der Waals surface area (Å²) in [6.07, 6.45) is 0. The smallest absolute Gasteiger partial charge is 0.336 e. The van der Waals surface area contributed by atoms with Gasteiger partial charge >= 0.3 is 5.97 Å². The number of benzene rings is 1. The second-order valence-corrected chi connectivity index (χ2v) is 5.05. The average molecular weight is 311 g/mol. The van der Waals surface area contributed by atoms with Crippen LogP contribution >= 0.6 is 27.3 Å². The maximum atomic E-state index is 12.2. The Morgan fingerprint density at radius 1 is 1.12 bits per heavy atom. The molecule has 0 radical (unpaired) electrons. The van der Waals surface area contributed by atoms with Gasteiger partial charge in [0.25, 0.3) is 0 Å². The van der Waals surface area contributed by atoms with Gasteiger partial charge in [-0.05, 0) is 33.4 Å². The molecule has 1 heterocycles. The van der Waals surface area contributed by atoms with Crippen LogP contribution < -0.4 is 0 Å². The zero-order valence-electron chi connectivity index (χ0n) is 8.51. The maximum absolute atomic E-state index is 12.2. The summed E-state index contributed by atoms with van der Waals surface area (Å²) in [6, 6.07) is 7.97. The number of carboxylic acid groups (broad SMARTS) is 1. The van der Waals surface area contributed by atoms with Gasteiger partial charge in [-0.15, -0.1) is 11.3 Å². The molecule has 1 aromatic heterocycles. The maximum Gasteiger partial charge on any atom is 0.336 e. The van der Waals surface area contributed by atoms with Crippen LogP contribution in [0.25, 0.3) is 0 Å². The first kappa shape index (κ1) is 12.0. The first-order chi connectivity index (χ1) is 8.11. The first-order valence-electron chi connectivity index (χ1n) is 4.71. The molecule has 0 amide bonds. The molecule has 0 atom stereocenters. The molecule has 0 aliphatic heterocycles. The van der Waals surface area contributed by atoms with Gasteiger partial charge in [0, 0.05) is 10.0 Å². The van der Waals surface area contributed by atoms with Crippen molar-refractivity contribution in [3.8, 4) is 0 Å². The van der Waals surface area contributed by atoms with Crippen molar-refractivity contribution in [3.05, 3.63) is 56.2 Å². The van der Waals surface area contributed by atoms with Gasteiger partial charge in [0.05, 0.1) is 10.4 Å². The van der Waals surface area contributed by atoms with Crippen molar-refractivity contribution in [1.29, 1.82) is 0 Å². The van der Waals surface area contributed by atoms with Gasteiger partial charge in [-0.2, -0.15) is 0 Å². The lowest BCUT2D eigenvalue weighted by atomic mass is 10.0. The van der Waals surface area contributed by atoms with Crippen molar-refractivity contribution in [2.75, 3.05) is 0 Å². The summed E-state index contributed by atoms with van der Waals surface area (Å²) in [5.74, 6) is -1.37. The highest BCUT2D eigenvalue weighted by atomic mass is 79.9. The number of halogens is 1. The molecule has 0 fully saturated rings. The molecule has 1 aromatic carbocycles. The van der Waals surface area contributed by atoms with Gasteiger partial charge in [0.2, 0.25) is 5.78 Å². The molecule has 0 unspecified atom stereocenters. The second kappa shape index (κ2) is 4.81. The van der Waals surface area contributed by atoms with Crippen LogP contribution in [0.3, 0.4) is 0 Å². The largest absolute Gasteiger partial charge is 0.478 e. The van der Waals surface area contributed by atoms with Crippen molar-refractivity contribution in [1.82, 2.24) is 0 Å². The SMILES string of the molecule is O=C(O)c1ccccc1C(=O)c1sccc1Br. The minimum absolute atomic E-state index is 0.0257. The summed E-state index contributed by atoms with van der Waals surface area (Å²) < 4.78 is 0.688. The first-order valence-corrected chi connectivity index (χ1v) is 6.38. The molecule has 86 valence electrons. The third kappa shape index (κ3) is 2.30. The number of aromatic carboxylic acids is 1. The fourth-order valence-corrected chi connectivity index (χ4v) is 2.95. The second-order valence-electron chi connectivity index (χ2n) is 3.28. The molecule has 0 aliphatic rings. The van der Waals surface area contributed by atoms with E-state index in [1.807, 2.05) is 0 Å². The number of ketones is 1. The summed E-state index contributed by atoms with van der Waals surface area (Å²) in [5.41, 5.74) is 0.237. The fraction of sp³-hybridized carbons (Fsp3) is 0.